The lowest BCUT2D eigenvalue weighted by Gasteiger charge is -2.23. The van der Waals surface area contributed by atoms with Crippen molar-refractivity contribution in [2.24, 2.45) is 0 Å². The van der Waals surface area contributed by atoms with E-state index in [1.165, 1.54) is 7.11 Å². The highest BCUT2D eigenvalue weighted by Crippen LogP contribution is 2.17. The predicted molar refractivity (Wildman–Crippen MR) is 82.8 cm³/mol. The van der Waals surface area contributed by atoms with Crippen LogP contribution in [0.15, 0.2) is 29.2 Å². The predicted octanol–water partition coefficient (Wildman–Crippen LogP) is 1.88. The van der Waals surface area contributed by atoms with Crippen LogP contribution >= 0.6 is 0 Å². The first kappa shape index (κ1) is 18.1. The number of ether oxygens (including phenoxy) is 1. The highest BCUT2D eigenvalue weighted by molar-refractivity contribution is 7.89. The largest absolute Gasteiger partial charge is 0.389 e. The molecule has 0 aliphatic heterocycles. The van der Waals surface area contributed by atoms with Crippen molar-refractivity contribution >= 4 is 10.0 Å². The molecule has 0 saturated heterocycles. The zero-order chi connectivity index (χ0) is 16.1. The third-order valence-corrected chi connectivity index (χ3v) is 4.76. The van der Waals surface area contributed by atoms with Crippen molar-refractivity contribution in [3.63, 3.8) is 0 Å². The van der Waals surface area contributed by atoms with Crippen molar-refractivity contribution in [2.45, 2.75) is 43.6 Å². The van der Waals surface area contributed by atoms with Crippen LogP contribution in [0, 0.1) is 0 Å². The molecule has 1 atom stereocenters. The molecule has 1 aromatic rings. The second kappa shape index (κ2) is 7.35. The molecular formula is C15H25NO4S. The van der Waals surface area contributed by atoms with E-state index in [1.54, 1.807) is 19.1 Å². The molecule has 0 spiro atoms. The molecule has 6 heteroatoms. The van der Waals surface area contributed by atoms with Crippen LogP contribution < -0.4 is 4.72 Å². The normalized spacial score (nSPS) is 15.1. The number of hydrogen-bond acceptors (Lipinski definition) is 4. The summed E-state index contributed by atoms with van der Waals surface area (Å²) in [4.78, 5) is 0.203. The van der Waals surface area contributed by atoms with Crippen LogP contribution in [0.25, 0.3) is 0 Å². The first-order valence-corrected chi connectivity index (χ1v) is 8.47. The van der Waals surface area contributed by atoms with E-state index in [0.717, 1.165) is 5.56 Å². The number of sulfonamides is 1. The van der Waals surface area contributed by atoms with Crippen LogP contribution in [0.5, 0.6) is 0 Å². The van der Waals surface area contributed by atoms with Gasteiger partial charge in [0, 0.05) is 26.7 Å². The summed E-state index contributed by atoms with van der Waals surface area (Å²) in [6.07, 6.45) is 0.359. The molecule has 0 amide bonds. The van der Waals surface area contributed by atoms with E-state index in [9.17, 15) is 13.5 Å². The Hall–Kier alpha value is -0.950. The van der Waals surface area contributed by atoms with Gasteiger partial charge in [-0.15, -0.1) is 0 Å². The molecule has 0 fully saturated rings. The number of nitrogens with one attached hydrogen (secondary N) is 1. The molecular weight excluding hydrogens is 290 g/mol. The van der Waals surface area contributed by atoms with Gasteiger partial charge >= 0.3 is 0 Å². The minimum atomic E-state index is -3.61. The second-order valence-corrected chi connectivity index (χ2v) is 7.55. The lowest BCUT2D eigenvalue weighted by molar-refractivity contribution is 0.0292. The SMILES string of the molecule is COCCC(C)(O)CNS(=O)(=O)c1ccc(C(C)C)cc1. The Kier molecular flexibility index (Phi) is 6.34. The van der Waals surface area contributed by atoms with Crippen molar-refractivity contribution < 1.29 is 18.3 Å². The zero-order valence-electron chi connectivity index (χ0n) is 13.1. The molecule has 0 saturated carbocycles. The van der Waals surface area contributed by atoms with Gasteiger partial charge in [-0.3, -0.25) is 0 Å². The standard InChI is InChI=1S/C15H25NO4S/c1-12(2)13-5-7-14(8-6-13)21(18,19)16-11-15(3,17)9-10-20-4/h5-8,12,16-17H,9-11H2,1-4H3. The summed E-state index contributed by atoms with van der Waals surface area (Å²) in [6.45, 7) is 6.00. The summed E-state index contributed by atoms with van der Waals surface area (Å²) in [5.41, 5.74) is -0.0536. The fraction of sp³-hybridized carbons (Fsp3) is 0.600. The van der Waals surface area contributed by atoms with Crippen molar-refractivity contribution in [1.82, 2.24) is 4.72 Å². The minimum absolute atomic E-state index is 0.0510. The molecule has 0 radical (unpaired) electrons. The molecule has 21 heavy (non-hydrogen) atoms. The van der Waals surface area contributed by atoms with Crippen LogP contribution in [-0.2, 0) is 14.8 Å². The number of benzene rings is 1. The molecule has 0 aliphatic rings. The quantitative estimate of drug-likeness (QED) is 0.768. The topological polar surface area (TPSA) is 75.6 Å². The summed E-state index contributed by atoms with van der Waals surface area (Å²) in [5.74, 6) is 0.351. The van der Waals surface area contributed by atoms with Crippen molar-refractivity contribution in [3.8, 4) is 0 Å². The Labute approximate surface area is 127 Å². The van der Waals surface area contributed by atoms with Crippen molar-refractivity contribution in [2.75, 3.05) is 20.3 Å². The molecule has 120 valence electrons. The van der Waals surface area contributed by atoms with E-state index in [1.807, 2.05) is 12.1 Å². The molecule has 1 unspecified atom stereocenters. The van der Waals surface area contributed by atoms with Gasteiger partial charge in [-0.25, -0.2) is 13.1 Å². The number of aliphatic hydroxyl groups is 1. The van der Waals surface area contributed by atoms with E-state index < -0.39 is 15.6 Å². The van der Waals surface area contributed by atoms with Gasteiger partial charge in [0.05, 0.1) is 10.5 Å². The van der Waals surface area contributed by atoms with E-state index >= 15 is 0 Å². The van der Waals surface area contributed by atoms with Gasteiger partial charge in [-0.1, -0.05) is 26.0 Å². The van der Waals surface area contributed by atoms with E-state index in [-0.39, 0.29) is 11.4 Å². The van der Waals surface area contributed by atoms with Crippen LogP contribution in [0.4, 0.5) is 0 Å². The lowest BCUT2D eigenvalue weighted by Crippen LogP contribution is -2.41. The Morgan fingerprint density at radius 1 is 1.29 bits per heavy atom. The summed E-state index contributed by atoms with van der Waals surface area (Å²) in [5, 5.41) is 10.1. The number of hydrogen-bond donors (Lipinski definition) is 2. The first-order chi connectivity index (χ1) is 9.68. The fourth-order valence-corrected chi connectivity index (χ4v) is 2.94. The highest BCUT2D eigenvalue weighted by Gasteiger charge is 2.24. The Morgan fingerprint density at radius 2 is 1.86 bits per heavy atom. The monoisotopic (exact) mass is 315 g/mol. The third kappa shape index (κ3) is 5.74. The average Bonchev–Trinajstić information content (AvgIpc) is 2.43. The molecule has 1 rings (SSSR count). The van der Waals surface area contributed by atoms with E-state index in [2.05, 4.69) is 18.6 Å². The summed E-state index contributed by atoms with van der Waals surface area (Å²) in [7, 11) is -2.07. The van der Waals surface area contributed by atoms with Gasteiger partial charge in [0.1, 0.15) is 0 Å². The molecule has 0 heterocycles. The van der Waals surface area contributed by atoms with Gasteiger partial charge in [0.25, 0.3) is 0 Å². The summed E-state index contributed by atoms with van der Waals surface area (Å²) in [6, 6.07) is 6.79. The van der Waals surface area contributed by atoms with Gasteiger partial charge in [0.2, 0.25) is 10.0 Å². The van der Waals surface area contributed by atoms with Gasteiger partial charge < -0.3 is 9.84 Å². The molecule has 0 bridgehead atoms. The van der Waals surface area contributed by atoms with Gasteiger partial charge in [-0.05, 0) is 30.5 Å². The maximum absolute atomic E-state index is 12.2. The summed E-state index contributed by atoms with van der Waals surface area (Å²) < 4.78 is 31.7. The lowest BCUT2D eigenvalue weighted by atomic mass is 10.0. The first-order valence-electron chi connectivity index (χ1n) is 6.99. The van der Waals surface area contributed by atoms with Crippen molar-refractivity contribution in [1.29, 1.82) is 0 Å². The average molecular weight is 315 g/mol. The number of methoxy groups -OCH3 is 1. The van der Waals surface area contributed by atoms with E-state index in [0.29, 0.717) is 18.9 Å². The number of rotatable bonds is 8. The maximum atomic E-state index is 12.2. The minimum Gasteiger partial charge on any atom is -0.389 e. The third-order valence-electron chi connectivity index (χ3n) is 3.34. The summed E-state index contributed by atoms with van der Waals surface area (Å²) >= 11 is 0. The van der Waals surface area contributed by atoms with Crippen LogP contribution in [0.3, 0.4) is 0 Å². The highest BCUT2D eigenvalue weighted by atomic mass is 32.2. The molecule has 0 aromatic heterocycles. The van der Waals surface area contributed by atoms with Crippen LogP contribution in [0.2, 0.25) is 0 Å². The molecule has 1 aromatic carbocycles. The molecule has 2 N–H and O–H groups in total. The maximum Gasteiger partial charge on any atom is 0.240 e. The molecule has 0 aliphatic carbocycles. The van der Waals surface area contributed by atoms with Gasteiger partial charge in [0.15, 0.2) is 0 Å². The Balaban J connectivity index is 2.73. The smallest absolute Gasteiger partial charge is 0.240 e. The van der Waals surface area contributed by atoms with Gasteiger partial charge in [-0.2, -0.15) is 0 Å². The van der Waals surface area contributed by atoms with Crippen molar-refractivity contribution in [3.05, 3.63) is 29.8 Å². The molecule has 5 nitrogen and oxygen atoms in total. The van der Waals surface area contributed by atoms with E-state index in [4.69, 9.17) is 4.74 Å². The second-order valence-electron chi connectivity index (χ2n) is 5.79. The fourth-order valence-electron chi connectivity index (χ4n) is 1.78. The Bertz CT molecular complexity index is 535. The zero-order valence-corrected chi connectivity index (χ0v) is 13.9. The van der Waals surface area contributed by atoms with Crippen LogP contribution in [-0.4, -0.2) is 39.4 Å². The van der Waals surface area contributed by atoms with Crippen LogP contribution in [0.1, 0.15) is 38.7 Å². The Morgan fingerprint density at radius 3 is 2.33 bits per heavy atom.